The zero-order valence-corrected chi connectivity index (χ0v) is 16.0. The van der Waals surface area contributed by atoms with E-state index in [2.05, 4.69) is 0 Å². The summed E-state index contributed by atoms with van der Waals surface area (Å²) in [6.07, 6.45) is 6.05. The third-order valence-corrected chi connectivity index (χ3v) is 4.83. The lowest BCUT2D eigenvalue weighted by atomic mass is 9.82. The van der Waals surface area contributed by atoms with E-state index in [4.69, 9.17) is 5.11 Å². The van der Waals surface area contributed by atoms with Crippen molar-refractivity contribution in [1.29, 1.82) is 0 Å². The zero-order valence-electron chi connectivity index (χ0n) is 16.0. The van der Waals surface area contributed by atoms with Crippen molar-refractivity contribution in [3.05, 3.63) is 71.3 Å². The van der Waals surface area contributed by atoms with Crippen LogP contribution in [0.15, 0.2) is 54.6 Å². The molecule has 2 aromatic rings. The quantitative estimate of drug-likeness (QED) is 0.739. The van der Waals surface area contributed by atoms with Gasteiger partial charge in [-0.05, 0) is 44.2 Å². The van der Waals surface area contributed by atoms with Gasteiger partial charge < -0.3 is 10.2 Å². The lowest BCUT2D eigenvalue weighted by molar-refractivity contribution is 0.0488. The summed E-state index contributed by atoms with van der Waals surface area (Å²) in [5, 5.41) is 18.5. The van der Waals surface area contributed by atoms with E-state index < -0.39 is 11.6 Å². The Morgan fingerprint density at radius 2 is 1.44 bits per heavy atom. The van der Waals surface area contributed by atoms with Crippen LogP contribution in [0, 0.1) is 0 Å². The Bertz CT molecular complexity index is 753. The van der Waals surface area contributed by atoms with E-state index in [-0.39, 0.29) is 5.78 Å². The van der Waals surface area contributed by atoms with E-state index >= 15 is 0 Å². The Morgan fingerprint density at radius 3 is 2.00 bits per heavy atom. The molecule has 0 saturated heterocycles. The van der Waals surface area contributed by atoms with E-state index in [0.29, 0.717) is 17.0 Å². The van der Waals surface area contributed by atoms with Crippen LogP contribution in [0.4, 0.5) is 0 Å². The lowest BCUT2D eigenvalue weighted by Crippen LogP contribution is -2.30. The van der Waals surface area contributed by atoms with Crippen molar-refractivity contribution in [3.8, 4) is 0 Å². The highest BCUT2D eigenvalue weighted by atomic mass is 16.4. The van der Waals surface area contributed by atoms with Crippen LogP contribution < -0.4 is 0 Å². The highest BCUT2D eigenvalue weighted by Crippen LogP contribution is 2.34. The number of Topliss-reactive ketones (excluding diaryl/α,β-unsaturated/α-hetero) is 1. The SMILES string of the molecule is CC(C)(O)C(=O)c1ccccc1.O=C(O)c1ccccc1C1CCCCC1. The topological polar surface area (TPSA) is 74.6 Å². The Hall–Kier alpha value is -2.46. The summed E-state index contributed by atoms with van der Waals surface area (Å²) in [6, 6.07) is 16.2. The van der Waals surface area contributed by atoms with E-state index in [0.717, 1.165) is 18.4 Å². The third-order valence-electron chi connectivity index (χ3n) is 4.83. The highest BCUT2D eigenvalue weighted by molar-refractivity contribution is 6.01. The Morgan fingerprint density at radius 1 is 0.889 bits per heavy atom. The molecule has 1 saturated carbocycles. The first-order chi connectivity index (χ1) is 12.8. The standard InChI is InChI=1S/C13H16O2.C10H12O2/c14-13(15)12-9-5-4-8-11(12)10-6-2-1-3-7-10;1-10(2,12)9(11)8-6-4-3-5-7-8/h4-5,8-10H,1-3,6-7H2,(H,14,15);3-7,12H,1-2H3. The van der Waals surface area contributed by atoms with Crippen molar-refractivity contribution in [2.24, 2.45) is 0 Å². The highest BCUT2D eigenvalue weighted by Gasteiger charge is 2.24. The molecule has 0 bridgehead atoms. The Balaban J connectivity index is 0.000000199. The fraction of sp³-hybridized carbons (Fsp3) is 0.391. The van der Waals surface area contributed by atoms with Crippen LogP contribution in [-0.2, 0) is 0 Å². The summed E-state index contributed by atoms with van der Waals surface area (Å²) in [6.45, 7) is 2.98. The minimum atomic E-state index is -1.28. The van der Waals surface area contributed by atoms with E-state index in [9.17, 15) is 14.7 Å². The number of carbonyl (C=O) groups excluding carboxylic acids is 1. The molecule has 4 heteroatoms. The van der Waals surface area contributed by atoms with Gasteiger partial charge >= 0.3 is 5.97 Å². The number of hydrogen-bond donors (Lipinski definition) is 2. The average Bonchev–Trinajstić information content (AvgIpc) is 2.68. The molecule has 3 rings (SSSR count). The number of carboxylic acids is 1. The molecule has 27 heavy (non-hydrogen) atoms. The molecule has 0 radical (unpaired) electrons. The molecule has 144 valence electrons. The monoisotopic (exact) mass is 368 g/mol. The van der Waals surface area contributed by atoms with Gasteiger partial charge in [0.05, 0.1) is 5.56 Å². The Kier molecular flexibility index (Phi) is 7.31. The predicted octanol–water partition coefficient (Wildman–Crippen LogP) is 5.07. The second kappa shape index (κ2) is 9.47. The molecule has 0 atom stereocenters. The molecule has 0 spiro atoms. The molecule has 2 N–H and O–H groups in total. The molecule has 0 unspecified atom stereocenters. The van der Waals surface area contributed by atoms with Crippen molar-refractivity contribution in [1.82, 2.24) is 0 Å². The number of rotatable bonds is 4. The number of carboxylic acid groups (broad SMARTS) is 1. The minimum absolute atomic E-state index is 0.247. The summed E-state index contributed by atoms with van der Waals surface area (Å²) in [4.78, 5) is 22.5. The van der Waals surface area contributed by atoms with Gasteiger partial charge in [-0.25, -0.2) is 4.79 Å². The van der Waals surface area contributed by atoms with Crippen LogP contribution in [0.1, 0.15) is 78.1 Å². The maximum absolute atomic E-state index is 11.4. The Labute approximate surface area is 160 Å². The normalized spacial score (nSPS) is 14.8. The summed E-state index contributed by atoms with van der Waals surface area (Å²) >= 11 is 0. The number of hydrogen-bond acceptors (Lipinski definition) is 3. The largest absolute Gasteiger partial charge is 0.478 e. The van der Waals surface area contributed by atoms with Crippen LogP contribution in [0.5, 0.6) is 0 Å². The molecule has 4 nitrogen and oxygen atoms in total. The first-order valence-electron chi connectivity index (χ1n) is 9.45. The van der Waals surface area contributed by atoms with Gasteiger partial charge in [0.1, 0.15) is 5.60 Å². The van der Waals surface area contributed by atoms with Gasteiger partial charge in [0.25, 0.3) is 0 Å². The molecule has 0 amide bonds. The average molecular weight is 368 g/mol. The number of ketones is 1. The van der Waals surface area contributed by atoms with E-state index in [1.165, 1.54) is 33.1 Å². The van der Waals surface area contributed by atoms with Gasteiger partial charge in [0, 0.05) is 5.56 Å². The van der Waals surface area contributed by atoms with E-state index in [1.807, 2.05) is 18.2 Å². The molecular formula is C23H28O4. The van der Waals surface area contributed by atoms with Crippen LogP contribution in [0.3, 0.4) is 0 Å². The first-order valence-corrected chi connectivity index (χ1v) is 9.45. The second-order valence-electron chi connectivity index (χ2n) is 7.48. The second-order valence-corrected chi connectivity index (χ2v) is 7.48. The fourth-order valence-corrected chi connectivity index (χ4v) is 3.40. The van der Waals surface area contributed by atoms with Crippen molar-refractivity contribution >= 4 is 11.8 Å². The molecule has 1 fully saturated rings. The maximum Gasteiger partial charge on any atom is 0.335 e. The molecule has 1 aliphatic carbocycles. The molecule has 1 aliphatic rings. The lowest BCUT2D eigenvalue weighted by Gasteiger charge is -2.23. The van der Waals surface area contributed by atoms with Crippen molar-refractivity contribution in [2.45, 2.75) is 57.5 Å². The third kappa shape index (κ3) is 6.04. The van der Waals surface area contributed by atoms with Gasteiger partial charge in [0.15, 0.2) is 5.78 Å². The molecule has 0 aliphatic heterocycles. The van der Waals surface area contributed by atoms with E-state index in [1.54, 1.807) is 36.4 Å². The fourth-order valence-electron chi connectivity index (χ4n) is 3.40. The van der Waals surface area contributed by atoms with Crippen LogP contribution in [0.25, 0.3) is 0 Å². The summed E-state index contributed by atoms with van der Waals surface area (Å²) in [5.74, 6) is -0.578. The van der Waals surface area contributed by atoms with Gasteiger partial charge in [0.2, 0.25) is 0 Å². The molecular weight excluding hydrogens is 340 g/mol. The number of benzene rings is 2. The number of aliphatic hydroxyl groups is 1. The van der Waals surface area contributed by atoms with Gasteiger partial charge in [-0.2, -0.15) is 0 Å². The van der Waals surface area contributed by atoms with Crippen molar-refractivity contribution < 1.29 is 19.8 Å². The van der Waals surface area contributed by atoms with Crippen LogP contribution in [-0.4, -0.2) is 27.6 Å². The maximum atomic E-state index is 11.4. The minimum Gasteiger partial charge on any atom is -0.478 e. The first kappa shape index (κ1) is 20.8. The number of carbonyl (C=O) groups is 2. The zero-order chi connectivity index (χ0) is 19.9. The van der Waals surface area contributed by atoms with Crippen LogP contribution in [0.2, 0.25) is 0 Å². The smallest absolute Gasteiger partial charge is 0.335 e. The summed E-state index contributed by atoms with van der Waals surface area (Å²) in [5.41, 5.74) is 0.792. The molecule has 2 aromatic carbocycles. The summed E-state index contributed by atoms with van der Waals surface area (Å²) in [7, 11) is 0. The van der Waals surface area contributed by atoms with Gasteiger partial charge in [-0.15, -0.1) is 0 Å². The van der Waals surface area contributed by atoms with Gasteiger partial charge in [-0.3, -0.25) is 4.79 Å². The predicted molar refractivity (Wildman–Crippen MR) is 106 cm³/mol. The molecule has 0 aromatic heterocycles. The summed E-state index contributed by atoms with van der Waals surface area (Å²) < 4.78 is 0. The molecule has 0 heterocycles. The number of aromatic carboxylic acids is 1. The van der Waals surface area contributed by atoms with Gasteiger partial charge in [-0.1, -0.05) is 67.8 Å². The van der Waals surface area contributed by atoms with Crippen molar-refractivity contribution in [2.75, 3.05) is 0 Å². The van der Waals surface area contributed by atoms with Crippen molar-refractivity contribution in [3.63, 3.8) is 0 Å². The van der Waals surface area contributed by atoms with Crippen LogP contribution >= 0.6 is 0 Å².